The lowest BCUT2D eigenvalue weighted by Gasteiger charge is -2.04. The van der Waals surface area contributed by atoms with E-state index in [-0.39, 0.29) is 0 Å². The Bertz CT molecular complexity index is 479. The molecule has 0 aliphatic heterocycles. The van der Waals surface area contributed by atoms with Crippen LogP contribution >= 0.6 is 11.3 Å². The third-order valence-corrected chi connectivity index (χ3v) is 2.98. The minimum absolute atomic E-state index is 0.445. The molecular formula is C12H11NO2S. The molecule has 1 N–H and O–H groups in total. The van der Waals surface area contributed by atoms with Crippen molar-refractivity contribution in [3.63, 3.8) is 0 Å². The number of rotatable bonds is 2. The number of methoxy groups -OCH3 is 1. The number of hydrogen-bond donors (Lipinski definition) is 1. The Labute approximate surface area is 97.7 Å². The zero-order valence-electron chi connectivity index (χ0n) is 8.77. The van der Waals surface area contributed by atoms with Crippen LogP contribution in [0, 0.1) is 0 Å². The molecule has 0 radical (unpaired) electrons. The summed E-state index contributed by atoms with van der Waals surface area (Å²) in [7, 11) is 1.35. The highest BCUT2D eigenvalue weighted by Gasteiger charge is 2.09. The molecule has 0 unspecified atom stereocenters. The first-order valence-electron chi connectivity index (χ1n) is 4.79. The van der Waals surface area contributed by atoms with Crippen molar-refractivity contribution >= 4 is 22.4 Å². The molecule has 2 aromatic rings. The van der Waals surface area contributed by atoms with Gasteiger partial charge >= 0.3 is 6.09 Å². The minimum atomic E-state index is -0.445. The van der Waals surface area contributed by atoms with E-state index in [4.69, 9.17) is 0 Å². The molecule has 1 heterocycles. The molecule has 1 aromatic heterocycles. The summed E-state index contributed by atoms with van der Waals surface area (Å²) in [4.78, 5) is 11.1. The van der Waals surface area contributed by atoms with Crippen molar-refractivity contribution < 1.29 is 9.53 Å². The van der Waals surface area contributed by atoms with E-state index < -0.39 is 6.09 Å². The smallest absolute Gasteiger partial charge is 0.411 e. The SMILES string of the molecule is COC(=O)Nc1sccc1-c1ccccc1. The summed E-state index contributed by atoms with van der Waals surface area (Å²) in [6.45, 7) is 0. The van der Waals surface area contributed by atoms with Crippen LogP contribution in [0.2, 0.25) is 0 Å². The van der Waals surface area contributed by atoms with Crippen LogP contribution < -0.4 is 5.32 Å². The van der Waals surface area contributed by atoms with E-state index in [9.17, 15) is 4.79 Å². The van der Waals surface area contributed by atoms with Crippen LogP contribution in [0.1, 0.15) is 0 Å². The number of carbonyl (C=O) groups is 1. The van der Waals surface area contributed by atoms with Gasteiger partial charge < -0.3 is 4.74 Å². The zero-order chi connectivity index (χ0) is 11.4. The van der Waals surface area contributed by atoms with Gasteiger partial charge in [-0.3, -0.25) is 5.32 Å². The maximum absolute atomic E-state index is 11.1. The first-order valence-corrected chi connectivity index (χ1v) is 5.67. The fourth-order valence-electron chi connectivity index (χ4n) is 1.39. The van der Waals surface area contributed by atoms with Crippen molar-refractivity contribution in [1.29, 1.82) is 0 Å². The zero-order valence-corrected chi connectivity index (χ0v) is 9.58. The molecule has 0 bridgehead atoms. The number of hydrogen-bond acceptors (Lipinski definition) is 3. The number of nitrogens with one attached hydrogen (secondary N) is 1. The maximum Gasteiger partial charge on any atom is 0.411 e. The molecule has 0 aliphatic carbocycles. The molecule has 1 aromatic carbocycles. The van der Waals surface area contributed by atoms with Gasteiger partial charge in [0, 0.05) is 5.56 Å². The largest absolute Gasteiger partial charge is 0.453 e. The van der Waals surface area contributed by atoms with E-state index >= 15 is 0 Å². The molecule has 0 aliphatic rings. The summed E-state index contributed by atoms with van der Waals surface area (Å²) >= 11 is 1.48. The van der Waals surface area contributed by atoms with Crippen molar-refractivity contribution in [3.05, 3.63) is 41.8 Å². The second kappa shape index (κ2) is 4.81. The van der Waals surface area contributed by atoms with E-state index in [1.165, 1.54) is 18.4 Å². The maximum atomic E-state index is 11.1. The van der Waals surface area contributed by atoms with Gasteiger partial charge in [0.15, 0.2) is 0 Å². The Balaban J connectivity index is 2.29. The Morgan fingerprint density at radius 3 is 2.69 bits per heavy atom. The number of anilines is 1. The van der Waals surface area contributed by atoms with E-state index in [0.29, 0.717) is 0 Å². The second-order valence-electron chi connectivity index (χ2n) is 3.15. The molecule has 16 heavy (non-hydrogen) atoms. The van der Waals surface area contributed by atoms with Gasteiger partial charge in [0.2, 0.25) is 0 Å². The lowest BCUT2D eigenvalue weighted by molar-refractivity contribution is 0.187. The number of amides is 1. The first-order chi connectivity index (χ1) is 7.81. The summed E-state index contributed by atoms with van der Waals surface area (Å²) in [5.74, 6) is 0. The lowest BCUT2D eigenvalue weighted by atomic mass is 10.1. The number of benzene rings is 1. The van der Waals surface area contributed by atoms with E-state index in [1.54, 1.807) is 0 Å². The van der Waals surface area contributed by atoms with Crippen LogP contribution in [0.5, 0.6) is 0 Å². The molecule has 4 heteroatoms. The standard InChI is InChI=1S/C12H11NO2S/c1-15-12(14)13-11-10(7-8-16-11)9-5-3-2-4-6-9/h2-8H,1H3,(H,13,14). The summed E-state index contributed by atoms with van der Waals surface area (Å²) in [6.07, 6.45) is -0.445. The Morgan fingerprint density at radius 1 is 1.25 bits per heavy atom. The van der Waals surface area contributed by atoms with E-state index in [0.717, 1.165) is 16.1 Å². The van der Waals surface area contributed by atoms with Crippen LogP contribution in [-0.4, -0.2) is 13.2 Å². The van der Waals surface area contributed by atoms with Crippen molar-refractivity contribution in [2.75, 3.05) is 12.4 Å². The molecule has 0 saturated heterocycles. The van der Waals surface area contributed by atoms with Crippen LogP contribution in [-0.2, 0) is 4.74 Å². The average molecular weight is 233 g/mol. The van der Waals surface area contributed by atoms with E-state index in [2.05, 4.69) is 10.1 Å². The predicted octanol–water partition coefficient (Wildman–Crippen LogP) is 3.59. The number of carbonyl (C=O) groups excluding carboxylic acids is 1. The quantitative estimate of drug-likeness (QED) is 0.860. The van der Waals surface area contributed by atoms with Gasteiger partial charge in [-0.25, -0.2) is 4.79 Å². The highest BCUT2D eigenvalue weighted by atomic mass is 32.1. The van der Waals surface area contributed by atoms with Crippen LogP contribution in [0.15, 0.2) is 41.8 Å². The molecule has 1 amide bonds. The van der Waals surface area contributed by atoms with Gasteiger partial charge in [-0.05, 0) is 17.0 Å². The fourth-order valence-corrected chi connectivity index (χ4v) is 2.19. The van der Waals surface area contributed by atoms with Crippen molar-refractivity contribution in [1.82, 2.24) is 0 Å². The average Bonchev–Trinajstić information content (AvgIpc) is 2.78. The molecule has 0 spiro atoms. The van der Waals surface area contributed by atoms with Gasteiger partial charge in [-0.15, -0.1) is 11.3 Å². The normalized spacial score (nSPS) is 9.81. The Hall–Kier alpha value is -1.81. The Morgan fingerprint density at radius 2 is 2.00 bits per heavy atom. The van der Waals surface area contributed by atoms with Gasteiger partial charge in [0.05, 0.1) is 7.11 Å². The van der Waals surface area contributed by atoms with Crippen LogP contribution in [0.4, 0.5) is 9.80 Å². The van der Waals surface area contributed by atoms with Crippen molar-refractivity contribution in [3.8, 4) is 11.1 Å². The van der Waals surface area contributed by atoms with E-state index in [1.807, 2.05) is 41.8 Å². The molecule has 0 fully saturated rings. The van der Waals surface area contributed by atoms with Gasteiger partial charge in [-0.1, -0.05) is 30.3 Å². The van der Waals surface area contributed by atoms with Gasteiger partial charge in [-0.2, -0.15) is 0 Å². The van der Waals surface area contributed by atoms with Gasteiger partial charge in [0.1, 0.15) is 5.00 Å². The van der Waals surface area contributed by atoms with Crippen molar-refractivity contribution in [2.24, 2.45) is 0 Å². The fraction of sp³-hybridized carbons (Fsp3) is 0.0833. The topological polar surface area (TPSA) is 38.3 Å². The Kier molecular flexibility index (Phi) is 3.22. The number of ether oxygens (including phenoxy) is 1. The molecule has 82 valence electrons. The first kappa shape index (κ1) is 10.7. The van der Waals surface area contributed by atoms with Crippen LogP contribution in [0.25, 0.3) is 11.1 Å². The molecule has 0 saturated carbocycles. The van der Waals surface area contributed by atoms with Gasteiger partial charge in [0.25, 0.3) is 0 Å². The summed E-state index contributed by atoms with van der Waals surface area (Å²) in [5.41, 5.74) is 2.09. The molecule has 2 rings (SSSR count). The summed E-state index contributed by atoms with van der Waals surface area (Å²) < 4.78 is 4.57. The monoisotopic (exact) mass is 233 g/mol. The highest BCUT2D eigenvalue weighted by molar-refractivity contribution is 7.15. The summed E-state index contributed by atoms with van der Waals surface area (Å²) in [5, 5.41) is 5.44. The summed E-state index contributed by atoms with van der Waals surface area (Å²) in [6, 6.07) is 11.9. The van der Waals surface area contributed by atoms with Crippen LogP contribution in [0.3, 0.4) is 0 Å². The predicted molar refractivity (Wildman–Crippen MR) is 65.8 cm³/mol. The molecular weight excluding hydrogens is 222 g/mol. The minimum Gasteiger partial charge on any atom is -0.453 e. The molecule has 3 nitrogen and oxygen atoms in total. The highest BCUT2D eigenvalue weighted by Crippen LogP contribution is 2.32. The van der Waals surface area contributed by atoms with Crippen molar-refractivity contribution in [2.45, 2.75) is 0 Å². The third kappa shape index (κ3) is 2.23. The molecule has 0 atom stereocenters. The second-order valence-corrected chi connectivity index (χ2v) is 4.06. The third-order valence-electron chi connectivity index (χ3n) is 2.15. The number of thiophene rings is 1. The lowest BCUT2D eigenvalue weighted by Crippen LogP contribution is -2.10.